The van der Waals surface area contributed by atoms with Gasteiger partial charge in [-0.05, 0) is 62.3 Å². The van der Waals surface area contributed by atoms with E-state index in [2.05, 4.69) is 33.4 Å². The molecule has 1 aliphatic carbocycles. The van der Waals surface area contributed by atoms with Gasteiger partial charge in [0.2, 0.25) is 0 Å². The summed E-state index contributed by atoms with van der Waals surface area (Å²) >= 11 is 0. The van der Waals surface area contributed by atoms with Gasteiger partial charge in [-0.15, -0.1) is 0 Å². The third-order valence-electron chi connectivity index (χ3n) is 6.73. The summed E-state index contributed by atoms with van der Waals surface area (Å²) in [6.07, 6.45) is 6.21. The Morgan fingerprint density at radius 2 is 1.96 bits per heavy atom. The second kappa shape index (κ2) is 6.16. The maximum absolute atomic E-state index is 12.5. The van der Waals surface area contributed by atoms with Gasteiger partial charge in [-0.3, -0.25) is 4.79 Å². The number of nitrogens with zero attached hydrogens (tertiary/aromatic N) is 2. The standard InChI is InChI=1S/C22H24N4O/c23-13-16-5-3-7-18-20(16)22(14-24-18)8-10-26(11-9-22)19-12-15-4-1-2-6-17(15)21(27)25-19/h3,5,7,12,24H,1-2,4,6,8-11,14H2,(H,25,27). The van der Waals surface area contributed by atoms with Crippen molar-refractivity contribution in [1.82, 2.24) is 4.98 Å². The number of anilines is 2. The molecule has 138 valence electrons. The molecule has 1 aromatic carbocycles. The molecule has 0 radical (unpaired) electrons. The fraction of sp³-hybridized carbons (Fsp3) is 0.455. The van der Waals surface area contributed by atoms with Crippen molar-refractivity contribution >= 4 is 11.5 Å². The number of hydrogen-bond donors (Lipinski definition) is 2. The van der Waals surface area contributed by atoms with Crippen molar-refractivity contribution in [3.05, 3.63) is 56.9 Å². The summed E-state index contributed by atoms with van der Waals surface area (Å²) < 4.78 is 0. The number of aryl methyl sites for hydroxylation is 1. The molecule has 1 aromatic heterocycles. The van der Waals surface area contributed by atoms with Gasteiger partial charge in [-0.2, -0.15) is 5.26 Å². The lowest BCUT2D eigenvalue weighted by Crippen LogP contribution is -2.45. The highest BCUT2D eigenvalue weighted by molar-refractivity contribution is 5.66. The molecule has 1 saturated heterocycles. The Kier molecular flexibility index (Phi) is 3.75. The summed E-state index contributed by atoms with van der Waals surface area (Å²) in [5.41, 5.74) is 5.48. The van der Waals surface area contributed by atoms with E-state index in [0.717, 1.165) is 74.4 Å². The van der Waals surface area contributed by atoms with Crippen LogP contribution in [0, 0.1) is 11.3 Å². The zero-order chi connectivity index (χ0) is 18.4. The first-order chi connectivity index (χ1) is 13.2. The predicted octanol–water partition coefficient (Wildman–Crippen LogP) is 3.09. The van der Waals surface area contributed by atoms with E-state index in [-0.39, 0.29) is 11.0 Å². The fourth-order valence-corrected chi connectivity index (χ4v) is 5.23. The zero-order valence-corrected chi connectivity index (χ0v) is 15.5. The van der Waals surface area contributed by atoms with Gasteiger partial charge in [0, 0.05) is 41.9 Å². The van der Waals surface area contributed by atoms with E-state index in [1.165, 1.54) is 17.5 Å². The lowest BCUT2D eigenvalue weighted by Gasteiger charge is -2.40. The zero-order valence-electron chi connectivity index (χ0n) is 15.5. The molecule has 2 N–H and O–H groups in total. The first-order valence-electron chi connectivity index (χ1n) is 9.98. The Morgan fingerprint density at radius 3 is 2.78 bits per heavy atom. The van der Waals surface area contributed by atoms with Crippen LogP contribution in [0.3, 0.4) is 0 Å². The number of benzene rings is 1. The average molecular weight is 360 g/mol. The minimum Gasteiger partial charge on any atom is -0.384 e. The summed E-state index contributed by atoms with van der Waals surface area (Å²) in [7, 11) is 0. The number of fused-ring (bicyclic) bond motifs is 3. The number of nitrogens with one attached hydrogen (secondary N) is 2. The molecule has 5 nitrogen and oxygen atoms in total. The van der Waals surface area contributed by atoms with Crippen molar-refractivity contribution in [2.24, 2.45) is 0 Å². The molecule has 2 aliphatic heterocycles. The second-order valence-electron chi connectivity index (χ2n) is 8.16. The topological polar surface area (TPSA) is 71.9 Å². The van der Waals surface area contributed by atoms with Crippen LogP contribution in [0.4, 0.5) is 11.5 Å². The lowest BCUT2D eigenvalue weighted by molar-refractivity contribution is 0.360. The molecule has 27 heavy (non-hydrogen) atoms. The number of hydrogen-bond acceptors (Lipinski definition) is 4. The van der Waals surface area contributed by atoms with Crippen molar-refractivity contribution < 1.29 is 0 Å². The minimum absolute atomic E-state index is 0.0344. The van der Waals surface area contributed by atoms with E-state index >= 15 is 0 Å². The largest absolute Gasteiger partial charge is 0.384 e. The molecule has 2 aromatic rings. The molecular formula is C22H24N4O. The number of aromatic nitrogens is 1. The number of rotatable bonds is 1. The van der Waals surface area contributed by atoms with E-state index < -0.39 is 0 Å². The van der Waals surface area contributed by atoms with E-state index in [0.29, 0.717) is 0 Å². The first kappa shape index (κ1) is 16.4. The van der Waals surface area contributed by atoms with E-state index in [1.54, 1.807) is 0 Å². The Hall–Kier alpha value is -2.74. The van der Waals surface area contributed by atoms with Gasteiger partial charge in [0.1, 0.15) is 5.82 Å². The maximum atomic E-state index is 12.5. The summed E-state index contributed by atoms with van der Waals surface area (Å²) in [6.45, 7) is 2.70. The molecule has 3 heterocycles. The van der Waals surface area contributed by atoms with Gasteiger partial charge in [-0.1, -0.05) is 6.07 Å². The average Bonchev–Trinajstić information content (AvgIpc) is 3.07. The molecule has 0 unspecified atom stereocenters. The lowest BCUT2D eigenvalue weighted by atomic mass is 9.72. The van der Waals surface area contributed by atoms with E-state index in [4.69, 9.17) is 0 Å². The van der Waals surface area contributed by atoms with Gasteiger partial charge in [-0.25, -0.2) is 0 Å². The highest BCUT2D eigenvalue weighted by Crippen LogP contribution is 2.46. The van der Waals surface area contributed by atoms with Gasteiger partial charge in [0.05, 0.1) is 11.6 Å². The van der Waals surface area contributed by atoms with Crippen LogP contribution in [0.5, 0.6) is 0 Å². The van der Waals surface area contributed by atoms with Gasteiger partial charge >= 0.3 is 0 Å². The number of nitriles is 1. The first-order valence-corrected chi connectivity index (χ1v) is 9.98. The van der Waals surface area contributed by atoms with E-state index in [9.17, 15) is 10.1 Å². The molecular weight excluding hydrogens is 336 g/mol. The van der Waals surface area contributed by atoms with Crippen LogP contribution < -0.4 is 15.8 Å². The van der Waals surface area contributed by atoms with Crippen LogP contribution in [0.25, 0.3) is 0 Å². The van der Waals surface area contributed by atoms with Crippen molar-refractivity contribution in [2.75, 3.05) is 29.9 Å². The Labute approximate surface area is 159 Å². The molecule has 0 amide bonds. The smallest absolute Gasteiger partial charge is 0.252 e. The molecule has 1 fully saturated rings. The predicted molar refractivity (Wildman–Crippen MR) is 106 cm³/mol. The Morgan fingerprint density at radius 1 is 1.15 bits per heavy atom. The summed E-state index contributed by atoms with van der Waals surface area (Å²) in [4.78, 5) is 17.9. The fourth-order valence-electron chi connectivity index (χ4n) is 5.23. The quantitative estimate of drug-likeness (QED) is 0.820. The number of piperidine rings is 1. The molecule has 0 bridgehead atoms. The van der Waals surface area contributed by atoms with Crippen molar-refractivity contribution in [2.45, 2.75) is 43.9 Å². The van der Waals surface area contributed by atoms with E-state index in [1.807, 2.05) is 12.1 Å². The molecule has 0 atom stereocenters. The van der Waals surface area contributed by atoms with Crippen LogP contribution in [0.2, 0.25) is 0 Å². The monoisotopic (exact) mass is 360 g/mol. The Balaban J connectivity index is 1.42. The molecule has 0 saturated carbocycles. The number of aromatic amines is 1. The van der Waals surface area contributed by atoms with Crippen LogP contribution in [0.15, 0.2) is 29.1 Å². The normalized spacial score (nSPS) is 19.9. The van der Waals surface area contributed by atoms with Crippen molar-refractivity contribution in [3.8, 4) is 6.07 Å². The van der Waals surface area contributed by atoms with Crippen LogP contribution in [-0.4, -0.2) is 24.6 Å². The van der Waals surface area contributed by atoms with Crippen LogP contribution >= 0.6 is 0 Å². The van der Waals surface area contributed by atoms with Crippen molar-refractivity contribution in [1.29, 1.82) is 5.26 Å². The Bertz CT molecular complexity index is 992. The summed E-state index contributed by atoms with van der Waals surface area (Å²) in [5, 5.41) is 13.1. The molecule has 3 aliphatic rings. The summed E-state index contributed by atoms with van der Waals surface area (Å²) in [6, 6.07) is 10.6. The second-order valence-corrected chi connectivity index (χ2v) is 8.16. The van der Waals surface area contributed by atoms with Gasteiger partial charge in [0.25, 0.3) is 5.56 Å². The third kappa shape index (κ3) is 2.55. The molecule has 5 rings (SSSR count). The maximum Gasteiger partial charge on any atom is 0.252 e. The molecule has 5 heteroatoms. The number of H-pyrrole nitrogens is 1. The van der Waals surface area contributed by atoms with Crippen molar-refractivity contribution in [3.63, 3.8) is 0 Å². The van der Waals surface area contributed by atoms with Gasteiger partial charge < -0.3 is 15.2 Å². The van der Waals surface area contributed by atoms with Gasteiger partial charge in [0.15, 0.2) is 0 Å². The van der Waals surface area contributed by atoms with Crippen LogP contribution in [-0.2, 0) is 18.3 Å². The summed E-state index contributed by atoms with van der Waals surface area (Å²) in [5.74, 6) is 0.968. The minimum atomic E-state index is 0.0344. The third-order valence-corrected chi connectivity index (χ3v) is 6.73. The SMILES string of the molecule is N#Cc1cccc2c1C1(CCN(c3cc4c(c(=O)[nH]3)CCCC4)CC1)CN2. The van der Waals surface area contributed by atoms with Crippen LogP contribution in [0.1, 0.15) is 47.9 Å². The highest BCUT2D eigenvalue weighted by Gasteiger charge is 2.43. The highest BCUT2D eigenvalue weighted by atomic mass is 16.1. The number of pyridine rings is 1. The molecule has 1 spiro atoms.